The van der Waals surface area contributed by atoms with Gasteiger partial charge in [-0.3, -0.25) is 9.69 Å². The lowest BCUT2D eigenvalue weighted by Gasteiger charge is -2.40. The summed E-state index contributed by atoms with van der Waals surface area (Å²) in [5.74, 6) is -0.310. The third kappa shape index (κ3) is 4.90. The van der Waals surface area contributed by atoms with Gasteiger partial charge in [-0.25, -0.2) is 4.39 Å². The molecule has 26 heavy (non-hydrogen) atoms. The maximum atomic E-state index is 13.0. The summed E-state index contributed by atoms with van der Waals surface area (Å²) in [6, 6.07) is 10.5. The van der Waals surface area contributed by atoms with Crippen LogP contribution < -0.4 is 5.32 Å². The molecule has 0 aliphatic carbocycles. The predicted molar refractivity (Wildman–Crippen MR) is 104 cm³/mol. The number of halogens is 1. The van der Waals surface area contributed by atoms with Gasteiger partial charge in [0.1, 0.15) is 5.82 Å². The summed E-state index contributed by atoms with van der Waals surface area (Å²) in [7, 11) is 2.14. The minimum atomic E-state index is -0.282. The number of nitrogens with zero attached hydrogens (tertiary/aromatic N) is 2. The zero-order valence-corrected chi connectivity index (χ0v) is 16.1. The molecular weight excluding hydrogens is 349 g/mol. The van der Waals surface area contributed by atoms with E-state index in [1.165, 1.54) is 17.0 Å². The number of nitrogens with one attached hydrogen (secondary N) is 1. The first kappa shape index (κ1) is 19.0. The standard InChI is InChI=1S/C20H26FN3OS/c1-15(22-19(25)14-16-5-7-17(21)8-6-16)20(18-4-3-13-26-18)24-11-9-23(2)10-12-24/h3-8,13,15,20H,9-12,14H2,1-2H3,(H,22,25)/t15-,20+/m0/s1. The van der Waals surface area contributed by atoms with Gasteiger partial charge in [-0.1, -0.05) is 18.2 Å². The van der Waals surface area contributed by atoms with Gasteiger partial charge in [0.15, 0.2) is 0 Å². The van der Waals surface area contributed by atoms with Crippen LogP contribution in [0.2, 0.25) is 0 Å². The highest BCUT2D eigenvalue weighted by Crippen LogP contribution is 2.29. The Labute approximate surface area is 158 Å². The van der Waals surface area contributed by atoms with Gasteiger partial charge in [-0.05, 0) is 43.1 Å². The van der Waals surface area contributed by atoms with Crippen LogP contribution in [0, 0.1) is 5.82 Å². The van der Waals surface area contributed by atoms with E-state index in [0.717, 1.165) is 31.7 Å². The van der Waals surface area contributed by atoms with Crippen LogP contribution in [-0.4, -0.2) is 55.0 Å². The van der Waals surface area contributed by atoms with Crippen molar-refractivity contribution in [3.63, 3.8) is 0 Å². The van der Waals surface area contributed by atoms with Gasteiger partial charge >= 0.3 is 0 Å². The molecule has 4 nitrogen and oxygen atoms in total. The van der Waals surface area contributed by atoms with Gasteiger partial charge in [0.2, 0.25) is 5.91 Å². The van der Waals surface area contributed by atoms with Crippen molar-refractivity contribution >= 4 is 17.2 Å². The van der Waals surface area contributed by atoms with Crippen LogP contribution in [0.1, 0.15) is 23.4 Å². The minimum absolute atomic E-state index is 0.00463. The summed E-state index contributed by atoms with van der Waals surface area (Å²) in [6.07, 6.45) is 0.268. The predicted octanol–water partition coefficient (Wildman–Crippen LogP) is 2.92. The van der Waals surface area contributed by atoms with Gasteiger partial charge in [0.05, 0.1) is 12.5 Å². The fraction of sp³-hybridized carbons (Fsp3) is 0.450. The number of carbonyl (C=O) groups excluding carboxylic acids is 1. The van der Waals surface area contributed by atoms with Gasteiger partial charge in [-0.2, -0.15) is 0 Å². The highest BCUT2D eigenvalue weighted by atomic mass is 32.1. The van der Waals surface area contributed by atoms with Crippen molar-refractivity contribution in [3.8, 4) is 0 Å². The summed E-state index contributed by atoms with van der Waals surface area (Å²) < 4.78 is 13.0. The van der Waals surface area contributed by atoms with Crippen molar-refractivity contribution in [1.29, 1.82) is 0 Å². The molecule has 2 heterocycles. The van der Waals surface area contributed by atoms with Crippen LogP contribution in [0.15, 0.2) is 41.8 Å². The van der Waals surface area contributed by atoms with Crippen molar-refractivity contribution in [2.24, 2.45) is 0 Å². The van der Waals surface area contributed by atoms with Gasteiger partial charge in [-0.15, -0.1) is 11.3 Å². The fourth-order valence-electron chi connectivity index (χ4n) is 3.47. The van der Waals surface area contributed by atoms with Crippen LogP contribution in [-0.2, 0) is 11.2 Å². The lowest BCUT2D eigenvalue weighted by Crippen LogP contribution is -2.51. The number of rotatable bonds is 6. The second-order valence-corrected chi connectivity index (χ2v) is 7.94. The quantitative estimate of drug-likeness (QED) is 0.843. The Morgan fingerprint density at radius 2 is 1.88 bits per heavy atom. The zero-order valence-electron chi connectivity index (χ0n) is 15.3. The Kier molecular flexibility index (Phi) is 6.40. The van der Waals surface area contributed by atoms with E-state index < -0.39 is 0 Å². The lowest BCUT2D eigenvalue weighted by atomic mass is 10.0. The maximum Gasteiger partial charge on any atom is 0.224 e. The summed E-state index contributed by atoms with van der Waals surface area (Å²) in [5.41, 5.74) is 0.823. The van der Waals surface area contributed by atoms with E-state index in [0.29, 0.717) is 0 Å². The molecule has 1 aliphatic heterocycles. The Morgan fingerprint density at radius 3 is 2.50 bits per heavy atom. The SMILES string of the molecule is C[C@H](NC(=O)Cc1ccc(F)cc1)[C@H](c1cccs1)N1CCN(C)CC1. The number of benzene rings is 1. The molecule has 2 aromatic rings. The molecule has 1 fully saturated rings. The Bertz CT molecular complexity index is 696. The average molecular weight is 376 g/mol. The molecule has 1 amide bonds. The second-order valence-electron chi connectivity index (χ2n) is 6.96. The number of piperazine rings is 1. The Balaban J connectivity index is 1.66. The van der Waals surface area contributed by atoms with E-state index in [2.05, 4.69) is 46.6 Å². The van der Waals surface area contributed by atoms with Gasteiger partial charge in [0, 0.05) is 37.1 Å². The second kappa shape index (κ2) is 8.75. The van der Waals surface area contributed by atoms with Gasteiger partial charge < -0.3 is 10.2 Å². The third-order valence-electron chi connectivity index (χ3n) is 4.91. The first-order valence-electron chi connectivity index (χ1n) is 9.03. The molecule has 1 N–H and O–H groups in total. The molecular formula is C20H26FN3OS. The summed E-state index contributed by atoms with van der Waals surface area (Å²) in [5, 5.41) is 5.25. The fourth-order valence-corrected chi connectivity index (χ4v) is 4.44. The molecule has 0 saturated carbocycles. The molecule has 0 spiro atoms. The number of thiophene rings is 1. The van der Waals surface area contributed by atoms with E-state index in [-0.39, 0.29) is 30.2 Å². The summed E-state index contributed by atoms with van der Waals surface area (Å²) in [6.45, 7) is 6.15. The van der Waals surface area contributed by atoms with Crippen molar-refractivity contribution < 1.29 is 9.18 Å². The molecule has 1 aromatic heterocycles. The highest BCUT2D eigenvalue weighted by molar-refractivity contribution is 7.10. The smallest absolute Gasteiger partial charge is 0.224 e. The number of amides is 1. The van der Waals surface area contributed by atoms with Crippen molar-refractivity contribution in [2.75, 3.05) is 33.2 Å². The monoisotopic (exact) mass is 375 g/mol. The van der Waals surface area contributed by atoms with E-state index >= 15 is 0 Å². The molecule has 0 unspecified atom stereocenters. The van der Waals surface area contributed by atoms with Crippen molar-refractivity contribution in [1.82, 2.24) is 15.1 Å². The minimum Gasteiger partial charge on any atom is -0.351 e. The van der Waals surface area contributed by atoms with Crippen LogP contribution in [0.3, 0.4) is 0 Å². The molecule has 1 saturated heterocycles. The number of hydrogen-bond donors (Lipinski definition) is 1. The summed E-state index contributed by atoms with van der Waals surface area (Å²) in [4.78, 5) is 18.6. The molecule has 0 bridgehead atoms. The third-order valence-corrected chi connectivity index (χ3v) is 5.85. The molecule has 6 heteroatoms. The Morgan fingerprint density at radius 1 is 1.19 bits per heavy atom. The summed E-state index contributed by atoms with van der Waals surface area (Å²) >= 11 is 1.74. The average Bonchev–Trinajstić information content (AvgIpc) is 3.13. The normalized spacial score (nSPS) is 18.4. The van der Waals surface area contributed by atoms with E-state index in [1.54, 1.807) is 23.5 Å². The van der Waals surface area contributed by atoms with Crippen molar-refractivity contribution in [3.05, 3.63) is 58.0 Å². The molecule has 1 aliphatic rings. The van der Waals surface area contributed by atoms with E-state index in [4.69, 9.17) is 0 Å². The maximum absolute atomic E-state index is 13.0. The molecule has 2 atom stereocenters. The topological polar surface area (TPSA) is 35.6 Å². The molecule has 1 aromatic carbocycles. The first-order chi connectivity index (χ1) is 12.5. The number of likely N-dealkylation sites (N-methyl/N-ethyl adjacent to an activating group) is 1. The highest BCUT2D eigenvalue weighted by Gasteiger charge is 2.30. The van der Waals surface area contributed by atoms with Crippen LogP contribution in [0.5, 0.6) is 0 Å². The molecule has 140 valence electrons. The van der Waals surface area contributed by atoms with Crippen LogP contribution >= 0.6 is 11.3 Å². The zero-order chi connectivity index (χ0) is 18.5. The van der Waals surface area contributed by atoms with E-state index in [9.17, 15) is 9.18 Å². The van der Waals surface area contributed by atoms with Crippen LogP contribution in [0.25, 0.3) is 0 Å². The van der Waals surface area contributed by atoms with Crippen molar-refractivity contribution in [2.45, 2.75) is 25.4 Å². The number of hydrogen-bond acceptors (Lipinski definition) is 4. The van der Waals surface area contributed by atoms with E-state index in [1.807, 2.05) is 0 Å². The largest absolute Gasteiger partial charge is 0.351 e. The van der Waals surface area contributed by atoms with Crippen LogP contribution in [0.4, 0.5) is 4.39 Å². The molecule has 0 radical (unpaired) electrons. The lowest BCUT2D eigenvalue weighted by molar-refractivity contribution is -0.121. The first-order valence-corrected chi connectivity index (χ1v) is 9.90. The van der Waals surface area contributed by atoms with Gasteiger partial charge in [0.25, 0.3) is 0 Å². The Hall–Kier alpha value is -1.76. The number of carbonyl (C=O) groups is 1. The molecule has 3 rings (SSSR count).